The van der Waals surface area contributed by atoms with Crippen LogP contribution in [0.25, 0.3) is 0 Å². The van der Waals surface area contributed by atoms with Crippen molar-refractivity contribution < 1.29 is 9.53 Å². The van der Waals surface area contributed by atoms with E-state index >= 15 is 0 Å². The number of aliphatic hydroxyl groups is 1. The molecule has 4 heteroatoms. The van der Waals surface area contributed by atoms with Crippen molar-refractivity contribution in [1.29, 1.82) is 0 Å². The molecule has 0 amide bonds. The standard InChI is InChI=1S/C42H45NO2Si/c1-41(2,3)46(38-25-15-7-16-26-38,39-27-17-8-18-28-39)45-32-30-34-33-43(31-29-40(34)44)42(35-19-9-4-10-20-35,36-21-11-5-12-22-36)37-23-13-6-14-24-37/h4-28,30,40,44H,29,31-33H2,1-3H3. The van der Waals surface area contributed by atoms with E-state index in [1.807, 2.05) is 0 Å². The predicted octanol–water partition coefficient (Wildman–Crippen LogP) is 7.55. The van der Waals surface area contributed by atoms with Gasteiger partial charge in [-0.1, -0.05) is 179 Å². The number of rotatable bonds is 9. The minimum Gasteiger partial charge on any atom is -0.404 e. The highest BCUT2D eigenvalue weighted by molar-refractivity contribution is 6.99. The van der Waals surface area contributed by atoms with Gasteiger partial charge in [0.05, 0.1) is 18.2 Å². The minimum absolute atomic E-state index is 0.117. The first-order chi connectivity index (χ1) is 22.4. The van der Waals surface area contributed by atoms with Gasteiger partial charge in [0.25, 0.3) is 8.32 Å². The molecular formula is C42H45NO2Si. The lowest BCUT2D eigenvalue weighted by Gasteiger charge is -2.48. The molecular weight excluding hydrogens is 579 g/mol. The quantitative estimate of drug-likeness (QED) is 0.105. The average Bonchev–Trinajstić information content (AvgIpc) is 3.10. The molecule has 3 nitrogen and oxygen atoms in total. The molecule has 1 heterocycles. The van der Waals surface area contributed by atoms with Crippen LogP contribution in [-0.2, 0) is 9.96 Å². The fourth-order valence-electron chi connectivity index (χ4n) is 7.48. The predicted molar refractivity (Wildman–Crippen MR) is 193 cm³/mol. The van der Waals surface area contributed by atoms with Gasteiger partial charge in [-0.25, -0.2) is 0 Å². The Labute approximate surface area is 276 Å². The largest absolute Gasteiger partial charge is 0.404 e. The Morgan fingerprint density at radius 3 is 1.43 bits per heavy atom. The highest BCUT2D eigenvalue weighted by Gasteiger charge is 2.50. The molecule has 1 aliphatic rings. The van der Waals surface area contributed by atoms with Crippen LogP contribution in [0.15, 0.2) is 163 Å². The Hall–Kier alpha value is -4.06. The second-order valence-electron chi connectivity index (χ2n) is 13.3. The van der Waals surface area contributed by atoms with E-state index in [2.05, 4.69) is 183 Å². The van der Waals surface area contributed by atoms with E-state index in [4.69, 9.17) is 4.43 Å². The van der Waals surface area contributed by atoms with Crippen LogP contribution in [0, 0.1) is 0 Å². The van der Waals surface area contributed by atoms with Crippen molar-refractivity contribution in [3.8, 4) is 0 Å². The van der Waals surface area contributed by atoms with Crippen LogP contribution in [-0.4, -0.2) is 44.1 Å². The lowest BCUT2D eigenvalue weighted by molar-refractivity contribution is 0.0852. The molecule has 1 N–H and O–H groups in total. The fraction of sp³-hybridized carbons (Fsp3) is 0.238. The molecule has 234 valence electrons. The van der Waals surface area contributed by atoms with Crippen molar-refractivity contribution in [2.24, 2.45) is 0 Å². The second kappa shape index (κ2) is 13.7. The fourth-order valence-corrected chi connectivity index (χ4v) is 12.0. The van der Waals surface area contributed by atoms with Gasteiger partial charge in [-0.15, -0.1) is 0 Å². The van der Waals surface area contributed by atoms with E-state index in [1.54, 1.807) is 0 Å². The van der Waals surface area contributed by atoms with Gasteiger partial charge in [-0.2, -0.15) is 0 Å². The molecule has 5 aromatic rings. The molecule has 5 aromatic carbocycles. The summed E-state index contributed by atoms with van der Waals surface area (Å²) in [6.07, 6.45) is 2.31. The van der Waals surface area contributed by atoms with Crippen molar-refractivity contribution in [1.82, 2.24) is 4.90 Å². The lowest BCUT2D eigenvalue weighted by Crippen LogP contribution is -2.66. The van der Waals surface area contributed by atoms with Crippen molar-refractivity contribution in [3.63, 3.8) is 0 Å². The van der Waals surface area contributed by atoms with Gasteiger partial charge >= 0.3 is 0 Å². The maximum atomic E-state index is 11.4. The smallest absolute Gasteiger partial charge is 0.261 e. The molecule has 1 atom stereocenters. The molecule has 0 bridgehead atoms. The molecule has 0 radical (unpaired) electrons. The highest BCUT2D eigenvalue weighted by Crippen LogP contribution is 2.44. The number of hydrogen-bond donors (Lipinski definition) is 1. The molecule has 1 saturated heterocycles. The monoisotopic (exact) mass is 623 g/mol. The summed E-state index contributed by atoms with van der Waals surface area (Å²) >= 11 is 0. The number of likely N-dealkylation sites (tertiary alicyclic amines) is 1. The number of piperidine rings is 1. The van der Waals surface area contributed by atoms with Gasteiger partial charge in [0.15, 0.2) is 0 Å². The van der Waals surface area contributed by atoms with E-state index in [9.17, 15) is 5.11 Å². The van der Waals surface area contributed by atoms with Crippen LogP contribution in [0.2, 0.25) is 5.04 Å². The van der Waals surface area contributed by atoms with Gasteiger partial charge < -0.3 is 9.53 Å². The van der Waals surface area contributed by atoms with Crippen molar-refractivity contribution in [3.05, 3.63) is 180 Å². The summed E-state index contributed by atoms with van der Waals surface area (Å²) in [5.74, 6) is 0. The molecule has 6 rings (SSSR count). The Balaban J connectivity index is 1.41. The second-order valence-corrected chi connectivity index (χ2v) is 17.6. The summed E-state index contributed by atoms with van der Waals surface area (Å²) in [6.45, 7) is 8.73. The van der Waals surface area contributed by atoms with E-state index in [0.717, 1.165) is 12.1 Å². The third-order valence-corrected chi connectivity index (χ3v) is 14.6. The number of nitrogens with zero attached hydrogens (tertiary/aromatic N) is 1. The first-order valence-electron chi connectivity index (χ1n) is 16.4. The summed E-state index contributed by atoms with van der Waals surface area (Å²) in [6, 6.07) is 53.9. The van der Waals surface area contributed by atoms with Crippen LogP contribution in [0.1, 0.15) is 43.9 Å². The Bertz CT molecular complexity index is 1570. The Morgan fingerprint density at radius 1 is 0.652 bits per heavy atom. The third-order valence-electron chi connectivity index (χ3n) is 9.59. The van der Waals surface area contributed by atoms with E-state index in [-0.39, 0.29) is 5.04 Å². The van der Waals surface area contributed by atoms with Gasteiger partial charge in [0.1, 0.15) is 0 Å². The van der Waals surface area contributed by atoms with Crippen molar-refractivity contribution >= 4 is 18.7 Å². The maximum Gasteiger partial charge on any atom is 0.261 e. The molecule has 1 aliphatic heterocycles. The number of hydrogen-bond acceptors (Lipinski definition) is 3. The maximum absolute atomic E-state index is 11.4. The van der Waals surface area contributed by atoms with E-state index < -0.39 is 20.0 Å². The van der Waals surface area contributed by atoms with E-state index in [1.165, 1.54) is 27.1 Å². The lowest BCUT2D eigenvalue weighted by atomic mass is 9.74. The average molecular weight is 624 g/mol. The number of aliphatic hydroxyl groups excluding tert-OH is 1. The van der Waals surface area contributed by atoms with Gasteiger partial charge in [-0.05, 0) is 44.1 Å². The summed E-state index contributed by atoms with van der Waals surface area (Å²) in [5, 5.41) is 13.8. The van der Waals surface area contributed by atoms with Crippen molar-refractivity contribution in [2.45, 2.75) is 43.9 Å². The van der Waals surface area contributed by atoms with Crippen LogP contribution in [0.5, 0.6) is 0 Å². The molecule has 46 heavy (non-hydrogen) atoms. The molecule has 0 saturated carbocycles. The number of benzene rings is 5. The SMILES string of the molecule is CC(C)(C)[Si](OCC=C1CN(C(c2ccccc2)(c2ccccc2)c2ccccc2)CCC1O)(c1ccccc1)c1ccccc1. The van der Waals surface area contributed by atoms with Crippen LogP contribution in [0.4, 0.5) is 0 Å². The highest BCUT2D eigenvalue weighted by atomic mass is 28.4. The summed E-state index contributed by atoms with van der Waals surface area (Å²) in [7, 11) is -2.71. The minimum atomic E-state index is -2.71. The zero-order valence-corrected chi connectivity index (χ0v) is 28.2. The zero-order chi connectivity index (χ0) is 32.0. The van der Waals surface area contributed by atoms with E-state index in [0.29, 0.717) is 19.6 Å². The molecule has 0 aliphatic carbocycles. The first-order valence-corrected chi connectivity index (χ1v) is 18.3. The molecule has 0 aromatic heterocycles. The summed E-state index contributed by atoms with van der Waals surface area (Å²) in [4.78, 5) is 2.55. The van der Waals surface area contributed by atoms with Crippen molar-refractivity contribution in [2.75, 3.05) is 19.7 Å². The van der Waals surface area contributed by atoms with Gasteiger partial charge in [-0.3, -0.25) is 4.90 Å². The molecule has 0 spiro atoms. The Kier molecular flexibility index (Phi) is 9.53. The third kappa shape index (κ3) is 5.94. The Morgan fingerprint density at radius 2 is 1.04 bits per heavy atom. The van der Waals surface area contributed by atoms with Crippen LogP contribution in [0.3, 0.4) is 0 Å². The van der Waals surface area contributed by atoms with Gasteiger partial charge in [0.2, 0.25) is 0 Å². The summed E-state index contributed by atoms with van der Waals surface area (Å²) < 4.78 is 7.23. The van der Waals surface area contributed by atoms with Crippen LogP contribution < -0.4 is 10.4 Å². The summed E-state index contributed by atoms with van der Waals surface area (Å²) in [5.41, 5.74) is 4.13. The molecule has 1 fully saturated rings. The van der Waals surface area contributed by atoms with Gasteiger partial charge in [0, 0.05) is 13.1 Å². The first kappa shape index (κ1) is 31.9. The zero-order valence-electron chi connectivity index (χ0n) is 27.2. The molecule has 1 unspecified atom stereocenters. The van der Waals surface area contributed by atoms with Crippen LogP contribution >= 0.6 is 0 Å². The normalized spacial score (nSPS) is 17.2. The topological polar surface area (TPSA) is 32.7 Å².